The van der Waals surface area contributed by atoms with Gasteiger partial charge in [0.25, 0.3) is 0 Å². The van der Waals surface area contributed by atoms with Crippen LogP contribution in [0.25, 0.3) is 21.9 Å². The van der Waals surface area contributed by atoms with E-state index in [2.05, 4.69) is 21.0 Å². The Kier molecular flexibility index (Phi) is 5.33. The molecule has 0 aliphatic carbocycles. The van der Waals surface area contributed by atoms with E-state index in [9.17, 15) is 0 Å². The molecular weight excluding hydrogens is 470 g/mol. The molecule has 0 spiro atoms. The third-order valence-corrected chi connectivity index (χ3v) is 6.95. The SMILES string of the molecule is COc1ncnc2c1ccn2[C@@H]1O[C@H](CCc2ccc3cc(Cl)c(N)nc3c2)[C@H]2OC(C)(C)O[C@H]21. The van der Waals surface area contributed by atoms with Crippen LogP contribution in [0.2, 0.25) is 5.02 Å². The van der Waals surface area contributed by atoms with E-state index in [1.54, 1.807) is 7.11 Å². The minimum absolute atomic E-state index is 0.160. The summed E-state index contributed by atoms with van der Waals surface area (Å²) in [5, 5.41) is 2.24. The summed E-state index contributed by atoms with van der Waals surface area (Å²) in [7, 11) is 1.60. The minimum atomic E-state index is -0.699. The van der Waals surface area contributed by atoms with Crippen molar-refractivity contribution >= 4 is 39.4 Å². The lowest BCUT2D eigenvalue weighted by atomic mass is 10.0. The van der Waals surface area contributed by atoms with Crippen LogP contribution in [0.3, 0.4) is 0 Å². The number of aryl methyl sites for hydroxylation is 1. The minimum Gasteiger partial charge on any atom is -0.480 e. The Hall–Kier alpha value is -2.98. The molecule has 4 aromatic rings. The molecular formula is C25H26ClN5O4. The number of ether oxygens (including phenoxy) is 4. The number of nitrogens with zero attached hydrogens (tertiary/aromatic N) is 4. The lowest BCUT2D eigenvalue weighted by molar-refractivity contribution is -0.196. The number of anilines is 1. The van der Waals surface area contributed by atoms with E-state index < -0.39 is 5.79 Å². The molecule has 4 atom stereocenters. The van der Waals surface area contributed by atoms with Crippen LogP contribution in [0.1, 0.15) is 32.1 Å². The summed E-state index contributed by atoms with van der Waals surface area (Å²) in [6.45, 7) is 3.87. The quantitative estimate of drug-likeness (QED) is 0.437. The molecule has 3 aromatic heterocycles. The molecule has 0 unspecified atom stereocenters. The number of pyridine rings is 1. The normalized spacial score (nSPS) is 25.4. The van der Waals surface area contributed by atoms with Gasteiger partial charge in [-0.1, -0.05) is 23.7 Å². The number of rotatable bonds is 5. The Bertz CT molecular complexity index is 1420. The number of nitrogen functional groups attached to an aromatic ring is 1. The van der Waals surface area contributed by atoms with Crippen LogP contribution in [0.5, 0.6) is 5.88 Å². The molecule has 2 fully saturated rings. The fourth-order valence-electron chi connectivity index (χ4n) is 5.10. The van der Waals surface area contributed by atoms with Gasteiger partial charge in [-0.2, -0.15) is 0 Å². The zero-order valence-electron chi connectivity index (χ0n) is 19.6. The maximum Gasteiger partial charge on any atom is 0.225 e. The Balaban J connectivity index is 1.27. The van der Waals surface area contributed by atoms with E-state index >= 15 is 0 Å². The summed E-state index contributed by atoms with van der Waals surface area (Å²) in [5.41, 5.74) is 8.59. The van der Waals surface area contributed by atoms with Crippen molar-refractivity contribution in [3.63, 3.8) is 0 Å². The number of benzene rings is 1. The van der Waals surface area contributed by atoms with E-state index in [1.807, 2.05) is 48.9 Å². The molecule has 0 radical (unpaired) electrons. The van der Waals surface area contributed by atoms with E-state index in [1.165, 1.54) is 6.33 Å². The first kappa shape index (κ1) is 22.5. The van der Waals surface area contributed by atoms with Crippen LogP contribution in [0.4, 0.5) is 5.82 Å². The van der Waals surface area contributed by atoms with Gasteiger partial charge in [-0.15, -0.1) is 0 Å². The van der Waals surface area contributed by atoms with E-state index in [4.69, 9.17) is 36.3 Å². The topological polar surface area (TPSA) is 107 Å². The molecule has 0 amide bonds. The van der Waals surface area contributed by atoms with E-state index in [0.29, 0.717) is 16.7 Å². The second kappa shape index (κ2) is 8.30. The van der Waals surface area contributed by atoms with Gasteiger partial charge in [0, 0.05) is 11.6 Å². The molecule has 182 valence electrons. The predicted octanol–water partition coefficient (Wildman–Crippen LogP) is 4.27. The Labute approximate surface area is 207 Å². The van der Waals surface area contributed by atoms with Crippen LogP contribution < -0.4 is 10.5 Å². The van der Waals surface area contributed by atoms with Crippen molar-refractivity contribution in [2.45, 2.75) is 57.0 Å². The third-order valence-electron chi connectivity index (χ3n) is 6.65. The number of nitrogens with two attached hydrogens (primary N) is 1. The van der Waals surface area contributed by atoms with Gasteiger partial charge in [-0.05, 0) is 50.5 Å². The molecule has 0 saturated carbocycles. The average molecular weight is 496 g/mol. The lowest BCUT2D eigenvalue weighted by Gasteiger charge is -2.25. The first-order chi connectivity index (χ1) is 16.8. The number of hydrogen-bond donors (Lipinski definition) is 1. The van der Waals surface area contributed by atoms with Gasteiger partial charge in [-0.3, -0.25) is 0 Å². The van der Waals surface area contributed by atoms with Gasteiger partial charge < -0.3 is 29.2 Å². The van der Waals surface area contributed by atoms with Gasteiger partial charge >= 0.3 is 0 Å². The molecule has 0 bridgehead atoms. The highest BCUT2D eigenvalue weighted by atomic mass is 35.5. The molecule has 9 nitrogen and oxygen atoms in total. The van der Waals surface area contributed by atoms with Gasteiger partial charge in [0.2, 0.25) is 5.88 Å². The molecule has 6 rings (SSSR count). The number of hydrogen-bond acceptors (Lipinski definition) is 8. The molecule has 2 aliphatic rings. The fraction of sp³-hybridized carbons (Fsp3) is 0.400. The monoisotopic (exact) mass is 495 g/mol. The summed E-state index contributed by atoms with van der Waals surface area (Å²) in [6, 6.07) is 9.91. The summed E-state index contributed by atoms with van der Waals surface area (Å²) >= 11 is 6.11. The molecule has 2 N–H and O–H groups in total. The van der Waals surface area contributed by atoms with E-state index in [-0.39, 0.29) is 24.5 Å². The van der Waals surface area contributed by atoms with Crippen molar-refractivity contribution in [3.05, 3.63) is 53.4 Å². The molecule has 1 aromatic carbocycles. The first-order valence-corrected chi connectivity index (χ1v) is 11.9. The Morgan fingerprint density at radius 2 is 1.97 bits per heavy atom. The first-order valence-electron chi connectivity index (χ1n) is 11.5. The van der Waals surface area contributed by atoms with Crippen molar-refractivity contribution in [2.24, 2.45) is 0 Å². The van der Waals surface area contributed by atoms with Gasteiger partial charge in [0.15, 0.2) is 12.0 Å². The van der Waals surface area contributed by atoms with Crippen LogP contribution in [0.15, 0.2) is 42.9 Å². The lowest BCUT2D eigenvalue weighted by Crippen LogP contribution is -2.29. The highest BCUT2D eigenvalue weighted by Gasteiger charge is 2.55. The number of methoxy groups -OCH3 is 1. The maximum absolute atomic E-state index is 6.55. The predicted molar refractivity (Wildman–Crippen MR) is 131 cm³/mol. The maximum atomic E-state index is 6.55. The van der Waals surface area contributed by atoms with Crippen LogP contribution in [-0.4, -0.2) is 50.7 Å². The summed E-state index contributed by atoms with van der Waals surface area (Å²) in [4.78, 5) is 13.1. The molecule has 35 heavy (non-hydrogen) atoms. The highest BCUT2D eigenvalue weighted by molar-refractivity contribution is 6.33. The number of fused-ring (bicyclic) bond motifs is 3. The third kappa shape index (κ3) is 3.88. The highest BCUT2D eigenvalue weighted by Crippen LogP contribution is 2.45. The number of halogens is 1. The van der Waals surface area contributed by atoms with Crippen molar-refractivity contribution in [1.82, 2.24) is 19.5 Å². The molecule has 2 saturated heterocycles. The van der Waals surface area contributed by atoms with Crippen molar-refractivity contribution in [1.29, 1.82) is 0 Å². The van der Waals surface area contributed by atoms with Crippen molar-refractivity contribution in [3.8, 4) is 5.88 Å². The number of aromatic nitrogens is 4. The zero-order valence-corrected chi connectivity index (χ0v) is 20.4. The summed E-state index contributed by atoms with van der Waals surface area (Å²) < 4.78 is 26.5. The van der Waals surface area contributed by atoms with Crippen molar-refractivity contribution in [2.75, 3.05) is 12.8 Å². The smallest absolute Gasteiger partial charge is 0.225 e. The van der Waals surface area contributed by atoms with Crippen LogP contribution in [0, 0.1) is 0 Å². The Morgan fingerprint density at radius 3 is 2.80 bits per heavy atom. The molecule has 10 heteroatoms. The average Bonchev–Trinajstić information content (AvgIpc) is 3.49. The zero-order chi connectivity index (χ0) is 24.3. The molecule has 5 heterocycles. The van der Waals surface area contributed by atoms with Gasteiger partial charge in [0.05, 0.1) is 29.1 Å². The standard InChI is InChI=1S/C25H26ClN5O4/c1-25(2)34-19-18(7-5-13-4-6-14-11-16(26)21(27)30-17(14)10-13)33-24(20(19)35-25)31-9-8-15-22(31)28-12-29-23(15)32-3/h4,6,8-12,18-20,24H,5,7H2,1-3H3,(H2,27,30)/t18-,19-,20-,24-/m1/s1. The summed E-state index contributed by atoms with van der Waals surface area (Å²) in [6.07, 6.45) is 3.94. The van der Waals surface area contributed by atoms with Gasteiger partial charge in [-0.25, -0.2) is 15.0 Å². The second-order valence-corrected chi connectivity index (χ2v) is 9.80. The van der Waals surface area contributed by atoms with Crippen LogP contribution >= 0.6 is 11.6 Å². The van der Waals surface area contributed by atoms with Crippen molar-refractivity contribution < 1.29 is 18.9 Å². The fourth-order valence-corrected chi connectivity index (χ4v) is 5.26. The summed E-state index contributed by atoms with van der Waals surface area (Å²) in [5.74, 6) is 0.157. The Morgan fingerprint density at radius 1 is 1.14 bits per heavy atom. The second-order valence-electron chi connectivity index (χ2n) is 9.39. The molecule has 2 aliphatic heterocycles. The van der Waals surface area contributed by atoms with Crippen LogP contribution in [-0.2, 0) is 20.6 Å². The van der Waals surface area contributed by atoms with E-state index in [0.717, 1.165) is 40.3 Å². The van der Waals surface area contributed by atoms with Gasteiger partial charge in [0.1, 0.15) is 30.0 Å². The largest absolute Gasteiger partial charge is 0.480 e.